The van der Waals surface area contributed by atoms with Crippen LogP contribution in [0.1, 0.15) is 43.9 Å². The summed E-state index contributed by atoms with van der Waals surface area (Å²) >= 11 is 6.12. The van der Waals surface area contributed by atoms with Gasteiger partial charge >= 0.3 is 0 Å². The van der Waals surface area contributed by atoms with Gasteiger partial charge < -0.3 is 10.4 Å². The molecule has 18 heavy (non-hydrogen) atoms. The number of fused-ring (bicyclic) bond motifs is 1. The van der Waals surface area contributed by atoms with Gasteiger partial charge in [0.1, 0.15) is 0 Å². The number of aliphatic hydroxyl groups is 1. The van der Waals surface area contributed by atoms with Gasteiger partial charge in [0.2, 0.25) is 0 Å². The quantitative estimate of drug-likeness (QED) is 0.861. The average molecular weight is 266 g/mol. The van der Waals surface area contributed by atoms with E-state index in [1.165, 1.54) is 11.1 Å². The van der Waals surface area contributed by atoms with Gasteiger partial charge in [0.15, 0.2) is 0 Å². The predicted octanol–water partition coefficient (Wildman–Crippen LogP) is 3.08. The first-order valence-corrected chi connectivity index (χ1v) is 7.06. The summed E-state index contributed by atoms with van der Waals surface area (Å²) < 4.78 is 0. The molecule has 0 heterocycles. The second-order valence-electron chi connectivity index (χ2n) is 6.43. The van der Waals surface area contributed by atoms with Crippen molar-refractivity contribution < 1.29 is 5.11 Å². The second-order valence-corrected chi connectivity index (χ2v) is 6.87. The minimum absolute atomic E-state index is 0.106. The lowest BCUT2D eigenvalue weighted by molar-refractivity contribution is 0.0495. The van der Waals surface area contributed by atoms with E-state index in [4.69, 9.17) is 11.6 Å². The summed E-state index contributed by atoms with van der Waals surface area (Å²) in [5.41, 5.74) is 2.96. The fraction of sp³-hybridized carbons (Fsp3) is 0.600. The first kappa shape index (κ1) is 12.5. The number of halogens is 1. The second kappa shape index (κ2) is 4.22. The van der Waals surface area contributed by atoms with Crippen LogP contribution in [0.3, 0.4) is 0 Å². The van der Waals surface area contributed by atoms with Crippen LogP contribution in [-0.4, -0.2) is 17.3 Å². The Hall–Kier alpha value is -0.570. The summed E-state index contributed by atoms with van der Waals surface area (Å²) in [4.78, 5) is 0. The van der Waals surface area contributed by atoms with Gasteiger partial charge in [-0.15, -0.1) is 0 Å². The van der Waals surface area contributed by atoms with Gasteiger partial charge in [-0.05, 0) is 47.9 Å². The number of aliphatic hydroxyl groups excluding tert-OH is 1. The molecule has 2 aliphatic carbocycles. The first-order chi connectivity index (χ1) is 8.45. The number of hydrogen-bond donors (Lipinski definition) is 2. The molecule has 3 rings (SSSR count). The number of rotatable bonds is 2. The molecule has 98 valence electrons. The van der Waals surface area contributed by atoms with Crippen LogP contribution in [0.4, 0.5) is 0 Å². The summed E-state index contributed by atoms with van der Waals surface area (Å²) in [7, 11) is 0. The zero-order valence-corrected chi connectivity index (χ0v) is 11.7. The molecule has 1 aromatic rings. The zero-order chi connectivity index (χ0) is 12.9. The van der Waals surface area contributed by atoms with Crippen molar-refractivity contribution in [3.8, 4) is 0 Å². The molecule has 1 aromatic carbocycles. The Bertz CT molecular complexity index is 466. The molecule has 0 aromatic heterocycles. The maximum absolute atomic E-state index is 9.40. The van der Waals surface area contributed by atoms with Crippen molar-refractivity contribution in [3.63, 3.8) is 0 Å². The molecule has 0 spiro atoms. The summed E-state index contributed by atoms with van der Waals surface area (Å²) in [6.07, 6.45) is 2.74. The summed E-state index contributed by atoms with van der Waals surface area (Å²) in [5, 5.41) is 13.9. The lowest BCUT2D eigenvalue weighted by Crippen LogP contribution is -2.47. The fourth-order valence-corrected chi connectivity index (χ4v) is 3.46. The topological polar surface area (TPSA) is 32.3 Å². The van der Waals surface area contributed by atoms with Gasteiger partial charge in [0, 0.05) is 17.1 Å². The van der Waals surface area contributed by atoms with Crippen molar-refractivity contribution >= 4 is 11.6 Å². The standard InChI is InChI=1S/C15H20ClNO/c1-15(2)8-9-3-4-10(16)5-13(9)14(15)17-11-6-12(18)7-11/h3-5,11-12,14,17-18H,6-8H2,1-2H3. The first-order valence-electron chi connectivity index (χ1n) is 6.68. The van der Waals surface area contributed by atoms with Crippen LogP contribution >= 0.6 is 11.6 Å². The van der Waals surface area contributed by atoms with Crippen molar-refractivity contribution in [3.05, 3.63) is 34.3 Å². The number of nitrogens with one attached hydrogen (secondary N) is 1. The van der Waals surface area contributed by atoms with Gasteiger partial charge in [-0.3, -0.25) is 0 Å². The van der Waals surface area contributed by atoms with E-state index in [1.54, 1.807) is 0 Å². The molecule has 2 aliphatic rings. The molecule has 0 radical (unpaired) electrons. The molecule has 3 heteroatoms. The molecule has 2 N–H and O–H groups in total. The number of benzene rings is 1. The molecular weight excluding hydrogens is 246 g/mol. The van der Waals surface area contributed by atoms with E-state index >= 15 is 0 Å². The molecule has 0 amide bonds. The molecular formula is C15H20ClNO. The predicted molar refractivity (Wildman–Crippen MR) is 73.8 cm³/mol. The van der Waals surface area contributed by atoms with E-state index in [0.717, 1.165) is 24.3 Å². The van der Waals surface area contributed by atoms with Crippen LogP contribution in [0, 0.1) is 5.41 Å². The van der Waals surface area contributed by atoms with E-state index in [0.29, 0.717) is 12.1 Å². The summed E-state index contributed by atoms with van der Waals surface area (Å²) in [5.74, 6) is 0. The van der Waals surface area contributed by atoms with Gasteiger partial charge in [-0.25, -0.2) is 0 Å². The van der Waals surface area contributed by atoms with Gasteiger partial charge in [-0.1, -0.05) is 31.5 Å². The summed E-state index contributed by atoms with van der Waals surface area (Å²) in [6, 6.07) is 7.03. The maximum atomic E-state index is 9.40. The molecule has 2 nitrogen and oxygen atoms in total. The van der Waals surface area contributed by atoms with E-state index in [2.05, 4.69) is 31.3 Å². The molecule has 0 aliphatic heterocycles. The molecule has 1 saturated carbocycles. The van der Waals surface area contributed by atoms with Crippen LogP contribution in [0.25, 0.3) is 0 Å². The van der Waals surface area contributed by atoms with Crippen LogP contribution in [0.15, 0.2) is 18.2 Å². The van der Waals surface area contributed by atoms with E-state index < -0.39 is 0 Å². The normalized spacial score (nSPS) is 33.0. The van der Waals surface area contributed by atoms with E-state index in [-0.39, 0.29) is 11.5 Å². The molecule has 0 saturated heterocycles. The van der Waals surface area contributed by atoms with E-state index in [9.17, 15) is 5.11 Å². The molecule has 1 fully saturated rings. The highest BCUT2D eigenvalue weighted by Crippen LogP contribution is 2.46. The molecule has 0 bridgehead atoms. The zero-order valence-electron chi connectivity index (χ0n) is 10.9. The van der Waals surface area contributed by atoms with Gasteiger partial charge in [0.25, 0.3) is 0 Å². The Morgan fingerprint density at radius 1 is 1.33 bits per heavy atom. The van der Waals surface area contributed by atoms with Crippen LogP contribution in [0.5, 0.6) is 0 Å². The van der Waals surface area contributed by atoms with Crippen LogP contribution in [-0.2, 0) is 6.42 Å². The Labute approximate surface area is 113 Å². The molecule has 1 unspecified atom stereocenters. The average Bonchev–Trinajstić information content (AvgIpc) is 2.48. The van der Waals surface area contributed by atoms with Crippen LogP contribution < -0.4 is 5.32 Å². The van der Waals surface area contributed by atoms with Crippen LogP contribution in [0.2, 0.25) is 5.02 Å². The smallest absolute Gasteiger partial charge is 0.0570 e. The third-order valence-electron chi connectivity index (χ3n) is 4.36. The number of hydrogen-bond acceptors (Lipinski definition) is 2. The monoisotopic (exact) mass is 265 g/mol. The van der Waals surface area contributed by atoms with E-state index in [1.807, 2.05) is 6.07 Å². The van der Waals surface area contributed by atoms with Gasteiger partial charge in [0.05, 0.1) is 6.10 Å². The maximum Gasteiger partial charge on any atom is 0.0570 e. The Balaban J connectivity index is 1.85. The van der Waals surface area contributed by atoms with Crippen molar-refractivity contribution in [2.45, 2.75) is 51.3 Å². The third-order valence-corrected chi connectivity index (χ3v) is 4.60. The minimum Gasteiger partial charge on any atom is -0.393 e. The highest BCUT2D eigenvalue weighted by atomic mass is 35.5. The lowest BCUT2D eigenvalue weighted by atomic mass is 9.82. The van der Waals surface area contributed by atoms with Crippen molar-refractivity contribution in [1.29, 1.82) is 0 Å². The third kappa shape index (κ3) is 2.07. The SMILES string of the molecule is CC1(C)Cc2ccc(Cl)cc2C1NC1CC(O)C1. The lowest BCUT2D eigenvalue weighted by Gasteiger charge is -2.39. The Kier molecular flexibility index (Phi) is 2.92. The Morgan fingerprint density at radius 2 is 2.06 bits per heavy atom. The fourth-order valence-electron chi connectivity index (χ4n) is 3.28. The summed E-state index contributed by atoms with van der Waals surface area (Å²) in [6.45, 7) is 4.60. The Morgan fingerprint density at radius 3 is 2.72 bits per heavy atom. The highest BCUT2D eigenvalue weighted by molar-refractivity contribution is 6.30. The largest absolute Gasteiger partial charge is 0.393 e. The minimum atomic E-state index is -0.106. The van der Waals surface area contributed by atoms with Crippen molar-refractivity contribution in [2.24, 2.45) is 5.41 Å². The molecule has 1 atom stereocenters. The highest BCUT2D eigenvalue weighted by Gasteiger charge is 2.41. The van der Waals surface area contributed by atoms with Gasteiger partial charge in [-0.2, -0.15) is 0 Å². The van der Waals surface area contributed by atoms with Crippen molar-refractivity contribution in [2.75, 3.05) is 0 Å². The van der Waals surface area contributed by atoms with Crippen molar-refractivity contribution in [1.82, 2.24) is 5.32 Å².